The van der Waals surface area contributed by atoms with Crippen LogP contribution in [0.1, 0.15) is 44.6 Å². The zero-order valence-electron chi connectivity index (χ0n) is 26.4. The molecule has 2 bridgehead atoms. The molecule has 8 nitrogen and oxygen atoms in total. The molecule has 2 aromatic rings. The average Bonchev–Trinajstić information content (AvgIpc) is 3.62. The summed E-state index contributed by atoms with van der Waals surface area (Å²) in [7, 11) is 1.60. The summed E-state index contributed by atoms with van der Waals surface area (Å²) >= 11 is 1.69. The van der Waals surface area contributed by atoms with E-state index in [1.165, 1.54) is 0 Å². The monoisotopic (exact) mass is 631 g/mol. The molecule has 3 aliphatic rings. The molecule has 3 aliphatic heterocycles. The van der Waals surface area contributed by atoms with E-state index in [2.05, 4.69) is 20.1 Å². The smallest absolute Gasteiger partial charge is 0.251 e. The van der Waals surface area contributed by atoms with Crippen LogP contribution in [0.3, 0.4) is 0 Å². The first-order chi connectivity index (χ1) is 21.7. The van der Waals surface area contributed by atoms with Gasteiger partial charge in [-0.1, -0.05) is 42.5 Å². The molecule has 240 valence electrons. The lowest BCUT2D eigenvalue weighted by Crippen LogP contribution is -2.55. The number of amides is 3. The molecule has 9 heteroatoms. The summed E-state index contributed by atoms with van der Waals surface area (Å²) in [5, 5.41) is 9.38. The molecular weight excluding hydrogens is 586 g/mol. The fraction of sp³-hybridized carbons (Fsp3) is 0.472. The Morgan fingerprint density at radius 1 is 1.02 bits per heavy atom. The average molecular weight is 632 g/mol. The van der Waals surface area contributed by atoms with Crippen LogP contribution in [-0.2, 0) is 20.9 Å². The number of methoxy groups -OCH3 is 1. The van der Waals surface area contributed by atoms with Crippen LogP contribution in [0.2, 0.25) is 0 Å². The van der Waals surface area contributed by atoms with Gasteiger partial charge in [-0.15, -0.1) is 24.9 Å². The van der Waals surface area contributed by atoms with Crippen molar-refractivity contribution in [3.63, 3.8) is 0 Å². The van der Waals surface area contributed by atoms with Gasteiger partial charge in [-0.05, 0) is 68.9 Å². The Kier molecular flexibility index (Phi) is 10.1. The van der Waals surface area contributed by atoms with Gasteiger partial charge in [0.1, 0.15) is 11.8 Å². The molecule has 3 fully saturated rings. The Balaban J connectivity index is 1.53. The number of aliphatic hydroxyl groups is 1. The normalized spacial score (nSPS) is 26.4. The minimum absolute atomic E-state index is 0.0555. The fourth-order valence-corrected chi connectivity index (χ4v) is 9.99. The highest BCUT2D eigenvalue weighted by Crippen LogP contribution is 2.71. The second-order valence-corrected chi connectivity index (χ2v) is 14.4. The predicted molar refractivity (Wildman–Crippen MR) is 179 cm³/mol. The molecule has 0 aromatic heterocycles. The molecule has 45 heavy (non-hydrogen) atoms. The Morgan fingerprint density at radius 3 is 2.38 bits per heavy atom. The number of hydrogen-bond donors (Lipinski definition) is 1. The first-order valence-corrected chi connectivity index (χ1v) is 16.7. The molecule has 3 amide bonds. The van der Waals surface area contributed by atoms with E-state index < -0.39 is 27.4 Å². The SMILES string of the molecule is C=CCN(Cc1ccccc1)C(=O)[C@@H]1[C@H]2C(=O)N(CCCCCO)C(C(=O)N(CC=C)c3ccc(OC)cc3)C23CC[C@@]1(C)S3. The summed E-state index contributed by atoms with van der Waals surface area (Å²) in [6, 6.07) is 16.5. The van der Waals surface area contributed by atoms with E-state index >= 15 is 0 Å². The number of rotatable bonds is 15. The van der Waals surface area contributed by atoms with Crippen molar-refractivity contribution in [1.82, 2.24) is 9.80 Å². The molecular formula is C36H45N3O5S. The van der Waals surface area contributed by atoms with E-state index in [1.807, 2.05) is 59.5 Å². The quantitative estimate of drug-likeness (QED) is 0.218. The predicted octanol–water partition coefficient (Wildman–Crippen LogP) is 5.07. The van der Waals surface area contributed by atoms with Crippen LogP contribution in [0.15, 0.2) is 79.9 Å². The number of carbonyl (C=O) groups excluding carboxylic acids is 3. The number of ether oxygens (including phenoxy) is 1. The summed E-state index contributed by atoms with van der Waals surface area (Å²) < 4.78 is 4.14. The largest absolute Gasteiger partial charge is 0.497 e. The van der Waals surface area contributed by atoms with Crippen LogP contribution < -0.4 is 9.64 Å². The second kappa shape index (κ2) is 13.8. The number of fused-ring (bicyclic) bond motifs is 1. The zero-order chi connectivity index (χ0) is 32.2. The summed E-state index contributed by atoms with van der Waals surface area (Å²) in [5.74, 6) is -0.804. The molecule has 1 spiro atoms. The number of likely N-dealkylation sites (tertiary alicyclic amines) is 1. The van der Waals surface area contributed by atoms with Crippen LogP contribution in [0.4, 0.5) is 5.69 Å². The molecule has 0 aliphatic carbocycles. The van der Waals surface area contributed by atoms with Gasteiger partial charge >= 0.3 is 0 Å². The van der Waals surface area contributed by atoms with Gasteiger partial charge in [-0.25, -0.2) is 0 Å². The molecule has 3 saturated heterocycles. The van der Waals surface area contributed by atoms with E-state index in [-0.39, 0.29) is 30.9 Å². The van der Waals surface area contributed by atoms with Crippen molar-refractivity contribution in [3.8, 4) is 5.75 Å². The van der Waals surface area contributed by atoms with Crippen molar-refractivity contribution in [3.05, 3.63) is 85.5 Å². The van der Waals surface area contributed by atoms with E-state index in [1.54, 1.807) is 40.8 Å². The minimum atomic E-state index is -0.724. The van der Waals surface area contributed by atoms with Crippen molar-refractivity contribution >= 4 is 35.2 Å². The van der Waals surface area contributed by atoms with Crippen LogP contribution in [0.5, 0.6) is 5.75 Å². The number of hydrogen-bond acceptors (Lipinski definition) is 6. The maximum Gasteiger partial charge on any atom is 0.251 e. The highest BCUT2D eigenvalue weighted by Gasteiger charge is 2.77. The summed E-state index contributed by atoms with van der Waals surface area (Å²) in [6.45, 7) is 11.5. The molecule has 5 atom stereocenters. The van der Waals surface area contributed by atoms with Gasteiger partial charge in [0.05, 0.1) is 23.7 Å². The Bertz CT molecular complexity index is 1400. The maximum absolute atomic E-state index is 14.8. The van der Waals surface area contributed by atoms with Gasteiger partial charge in [0.25, 0.3) is 5.91 Å². The first kappa shape index (κ1) is 32.8. The Labute approximate surface area is 271 Å². The third kappa shape index (κ3) is 6.04. The number of carbonyl (C=O) groups is 3. The highest BCUT2D eigenvalue weighted by atomic mass is 32.2. The van der Waals surface area contributed by atoms with Gasteiger partial charge in [-0.2, -0.15) is 0 Å². The van der Waals surface area contributed by atoms with E-state index in [4.69, 9.17) is 4.74 Å². The fourth-order valence-electron chi connectivity index (χ4n) is 7.64. The topological polar surface area (TPSA) is 90.4 Å². The number of anilines is 1. The number of nitrogens with zero attached hydrogens (tertiary/aromatic N) is 3. The van der Waals surface area contributed by atoms with Crippen LogP contribution in [-0.4, -0.2) is 81.5 Å². The molecule has 0 saturated carbocycles. The van der Waals surface area contributed by atoms with E-state index in [9.17, 15) is 19.5 Å². The molecule has 1 N–H and O–H groups in total. The Hall–Kier alpha value is -3.56. The van der Waals surface area contributed by atoms with Gasteiger partial charge in [0, 0.05) is 43.2 Å². The lowest BCUT2D eigenvalue weighted by atomic mass is 9.66. The lowest BCUT2D eigenvalue weighted by Gasteiger charge is -2.38. The van der Waals surface area contributed by atoms with Crippen molar-refractivity contribution in [2.24, 2.45) is 11.8 Å². The van der Waals surface area contributed by atoms with Crippen LogP contribution in [0.25, 0.3) is 0 Å². The number of unbranched alkanes of at least 4 members (excludes halogenated alkanes) is 2. The van der Waals surface area contributed by atoms with Gasteiger partial charge in [0.15, 0.2) is 0 Å². The maximum atomic E-state index is 14.8. The lowest BCUT2D eigenvalue weighted by molar-refractivity contribution is -0.145. The van der Waals surface area contributed by atoms with Gasteiger partial charge in [-0.3, -0.25) is 14.4 Å². The van der Waals surface area contributed by atoms with Gasteiger partial charge in [0.2, 0.25) is 11.8 Å². The molecule has 5 rings (SSSR count). The van der Waals surface area contributed by atoms with Crippen LogP contribution in [0, 0.1) is 11.8 Å². The minimum Gasteiger partial charge on any atom is -0.497 e. The summed E-state index contributed by atoms with van der Waals surface area (Å²) in [4.78, 5) is 49.3. The van der Waals surface area contributed by atoms with Crippen molar-refractivity contribution in [2.75, 3.05) is 38.3 Å². The molecule has 3 heterocycles. The number of thioether (sulfide) groups is 1. The molecule has 2 unspecified atom stereocenters. The van der Waals surface area contributed by atoms with Crippen molar-refractivity contribution < 1.29 is 24.2 Å². The highest BCUT2D eigenvalue weighted by molar-refractivity contribution is 8.02. The van der Waals surface area contributed by atoms with Crippen molar-refractivity contribution in [2.45, 2.75) is 61.1 Å². The van der Waals surface area contributed by atoms with Crippen LogP contribution >= 0.6 is 11.8 Å². The number of benzene rings is 2. The van der Waals surface area contributed by atoms with Gasteiger partial charge < -0.3 is 24.5 Å². The van der Waals surface area contributed by atoms with E-state index in [0.717, 1.165) is 18.4 Å². The summed E-state index contributed by atoms with van der Waals surface area (Å²) in [5.41, 5.74) is 1.71. The zero-order valence-corrected chi connectivity index (χ0v) is 27.2. The Morgan fingerprint density at radius 2 is 1.73 bits per heavy atom. The number of aliphatic hydroxyl groups excluding tert-OH is 1. The standard InChI is InChI=1S/C36H45N3O5S/c1-5-21-37(25-26-13-9-7-10-14-26)32(41)29-30-33(42)39(23-11-8-12-24-40)31(36(30)20-19-35(29,3)45-36)34(43)38(22-6-2)27-15-17-28(44-4)18-16-27/h5-7,9-10,13-18,29-31,40H,1-2,8,11-12,19-25H2,3-4H3/t29-,30-,31?,35+,36?/m0/s1. The third-order valence-corrected chi connectivity index (χ3v) is 11.7. The molecule has 0 radical (unpaired) electrons. The third-order valence-electron chi connectivity index (χ3n) is 9.67. The van der Waals surface area contributed by atoms with Crippen molar-refractivity contribution in [1.29, 1.82) is 0 Å². The molecule has 2 aromatic carbocycles. The van der Waals surface area contributed by atoms with E-state index in [0.29, 0.717) is 50.3 Å². The summed E-state index contributed by atoms with van der Waals surface area (Å²) in [6.07, 6.45) is 6.90. The first-order valence-electron chi connectivity index (χ1n) is 15.9. The second-order valence-electron chi connectivity index (χ2n) is 12.5.